The molecule has 0 amide bonds. The minimum Gasteiger partial charge on any atom is -0.332 e. The summed E-state index contributed by atoms with van der Waals surface area (Å²) in [7, 11) is 1.80. The van der Waals surface area contributed by atoms with Crippen molar-refractivity contribution in [2.24, 2.45) is 7.05 Å². The predicted octanol–water partition coefficient (Wildman–Crippen LogP) is -0.352. The van der Waals surface area contributed by atoms with Crippen molar-refractivity contribution in [1.82, 2.24) is 29.7 Å². The molecule has 8 heteroatoms. The minimum absolute atomic E-state index is 0.238. The number of H-pyrrole nitrogens is 3. The molecule has 0 aromatic carbocycles. The molecule has 0 radical (unpaired) electrons. The summed E-state index contributed by atoms with van der Waals surface area (Å²) >= 11 is 0. The van der Waals surface area contributed by atoms with E-state index >= 15 is 0 Å². The molecule has 0 saturated heterocycles. The molecule has 0 saturated carbocycles. The zero-order chi connectivity index (χ0) is 12.9. The van der Waals surface area contributed by atoms with Gasteiger partial charge >= 0.3 is 5.69 Å². The number of fused-ring (bicyclic) bond motifs is 1. The average molecular weight is 246 g/mol. The van der Waals surface area contributed by atoms with Crippen molar-refractivity contribution in [3.63, 3.8) is 0 Å². The van der Waals surface area contributed by atoms with Gasteiger partial charge in [0.2, 0.25) is 0 Å². The van der Waals surface area contributed by atoms with Gasteiger partial charge in [-0.05, 0) is 6.92 Å². The Morgan fingerprint density at radius 3 is 2.67 bits per heavy atom. The molecule has 3 aromatic rings. The van der Waals surface area contributed by atoms with E-state index in [-0.39, 0.29) is 11.2 Å². The monoisotopic (exact) mass is 246 g/mol. The molecule has 92 valence electrons. The molecule has 0 bridgehead atoms. The number of nitrogens with zero attached hydrogens (tertiary/aromatic N) is 3. The lowest BCUT2D eigenvalue weighted by Gasteiger charge is -1.89. The van der Waals surface area contributed by atoms with Gasteiger partial charge in [0.15, 0.2) is 5.65 Å². The second-order valence-corrected chi connectivity index (χ2v) is 4.02. The van der Waals surface area contributed by atoms with Crippen LogP contribution in [0.15, 0.2) is 15.8 Å². The highest BCUT2D eigenvalue weighted by Crippen LogP contribution is 2.19. The topological polar surface area (TPSA) is 112 Å². The maximum atomic E-state index is 11.6. The van der Waals surface area contributed by atoms with E-state index in [2.05, 4.69) is 25.0 Å². The summed E-state index contributed by atoms with van der Waals surface area (Å²) in [6.45, 7) is 1.84. The van der Waals surface area contributed by atoms with Crippen molar-refractivity contribution in [3.8, 4) is 11.4 Å². The minimum atomic E-state index is -0.576. The fourth-order valence-electron chi connectivity index (χ4n) is 1.89. The van der Waals surface area contributed by atoms with Gasteiger partial charge in [-0.2, -0.15) is 5.10 Å². The summed E-state index contributed by atoms with van der Waals surface area (Å²) in [5, 5.41) is 4.20. The van der Waals surface area contributed by atoms with Crippen LogP contribution >= 0.6 is 0 Å². The fourth-order valence-corrected chi connectivity index (χ4v) is 1.89. The van der Waals surface area contributed by atoms with Gasteiger partial charge in [0.05, 0.1) is 11.3 Å². The van der Waals surface area contributed by atoms with E-state index in [0.29, 0.717) is 5.82 Å². The second kappa shape index (κ2) is 3.42. The molecule has 3 aromatic heterocycles. The number of nitrogens with one attached hydrogen (secondary N) is 3. The third-order valence-electron chi connectivity index (χ3n) is 2.66. The fraction of sp³-hybridized carbons (Fsp3) is 0.200. The van der Waals surface area contributed by atoms with Gasteiger partial charge < -0.3 is 4.98 Å². The van der Waals surface area contributed by atoms with Crippen molar-refractivity contribution >= 4 is 11.2 Å². The van der Waals surface area contributed by atoms with E-state index < -0.39 is 11.2 Å². The molecule has 0 spiro atoms. The van der Waals surface area contributed by atoms with Gasteiger partial charge in [-0.25, -0.2) is 9.78 Å². The summed E-state index contributed by atoms with van der Waals surface area (Å²) < 4.78 is 1.66. The summed E-state index contributed by atoms with van der Waals surface area (Å²) in [5.41, 5.74) is 0.988. The van der Waals surface area contributed by atoms with E-state index in [1.165, 1.54) is 0 Å². The van der Waals surface area contributed by atoms with Crippen molar-refractivity contribution < 1.29 is 0 Å². The molecule has 0 aliphatic carbocycles. The van der Waals surface area contributed by atoms with Crippen molar-refractivity contribution in [3.05, 3.63) is 32.7 Å². The highest BCUT2D eigenvalue weighted by Gasteiger charge is 2.13. The summed E-state index contributed by atoms with van der Waals surface area (Å²) in [6.07, 6.45) is 1.79. The SMILES string of the molecule is Cc1nn(C)cc1-c1nc2[nH]c(=O)[nH]c(=O)c2[nH]1. The molecule has 0 fully saturated rings. The van der Waals surface area contributed by atoms with Crippen LogP contribution < -0.4 is 11.2 Å². The first-order valence-corrected chi connectivity index (χ1v) is 5.27. The smallest absolute Gasteiger partial charge is 0.327 e. The van der Waals surface area contributed by atoms with Gasteiger partial charge in [-0.1, -0.05) is 0 Å². The van der Waals surface area contributed by atoms with Gasteiger partial charge in [0.25, 0.3) is 5.56 Å². The Morgan fingerprint density at radius 1 is 1.22 bits per heavy atom. The third kappa shape index (κ3) is 1.46. The Morgan fingerprint density at radius 2 is 2.00 bits per heavy atom. The number of imidazole rings is 1. The van der Waals surface area contributed by atoms with E-state index in [1.54, 1.807) is 17.9 Å². The highest BCUT2D eigenvalue weighted by molar-refractivity contribution is 5.75. The summed E-state index contributed by atoms with van der Waals surface area (Å²) in [4.78, 5) is 34.4. The Balaban J connectivity index is 2.32. The molecule has 3 N–H and O–H groups in total. The molecular formula is C10H10N6O2. The van der Waals surface area contributed by atoms with Gasteiger partial charge in [0, 0.05) is 13.2 Å². The third-order valence-corrected chi connectivity index (χ3v) is 2.66. The largest absolute Gasteiger partial charge is 0.332 e. The Kier molecular flexibility index (Phi) is 2.00. The average Bonchev–Trinajstić information content (AvgIpc) is 2.81. The van der Waals surface area contributed by atoms with Crippen molar-refractivity contribution in [1.29, 1.82) is 0 Å². The lowest BCUT2D eigenvalue weighted by Crippen LogP contribution is -2.21. The number of hydrogen-bond donors (Lipinski definition) is 3. The number of hydrogen-bond acceptors (Lipinski definition) is 4. The van der Waals surface area contributed by atoms with E-state index in [1.807, 2.05) is 6.92 Å². The molecule has 0 atom stereocenters. The van der Waals surface area contributed by atoms with Gasteiger partial charge in [-0.3, -0.25) is 19.4 Å². The van der Waals surface area contributed by atoms with Crippen LogP contribution in [0, 0.1) is 6.92 Å². The standard InChI is InChI=1S/C10H10N6O2/c1-4-5(3-16(2)15-4)7-11-6-8(12-7)13-10(18)14-9(6)17/h3H,1-2H3,(H3,11,12,13,14,17,18). The van der Waals surface area contributed by atoms with Gasteiger partial charge in [-0.15, -0.1) is 0 Å². The van der Waals surface area contributed by atoms with Crippen LogP contribution in [0.25, 0.3) is 22.6 Å². The normalized spacial score (nSPS) is 11.2. The quantitative estimate of drug-likeness (QED) is 0.544. The molecule has 8 nitrogen and oxygen atoms in total. The van der Waals surface area contributed by atoms with Crippen LogP contribution in [0.1, 0.15) is 5.69 Å². The molecule has 18 heavy (non-hydrogen) atoms. The summed E-state index contributed by atoms with van der Waals surface area (Å²) in [6, 6.07) is 0. The maximum Gasteiger partial charge on any atom is 0.327 e. The van der Waals surface area contributed by atoms with Crippen LogP contribution in [-0.4, -0.2) is 29.7 Å². The number of rotatable bonds is 1. The Hall–Kier alpha value is -2.64. The van der Waals surface area contributed by atoms with Gasteiger partial charge in [0.1, 0.15) is 11.3 Å². The molecular weight excluding hydrogens is 236 g/mol. The molecule has 0 unspecified atom stereocenters. The molecule has 3 heterocycles. The van der Waals surface area contributed by atoms with E-state index in [9.17, 15) is 9.59 Å². The first kappa shape index (κ1) is 10.5. The number of aromatic amines is 3. The lowest BCUT2D eigenvalue weighted by atomic mass is 10.2. The molecule has 3 rings (SSSR count). The van der Waals surface area contributed by atoms with Crippen LogP contribution in [0.3, 0.4) is 0 Å². The van der Waals surface area contributed by atoms with E-state index in [0.717, 1.165) is 11.3 Å². The van der Waals surface area contributed by atoms with Crippen molar-refractivity contribution in [2.75, 3.05) is 0 Å². The second-order valence-electron chi connectivity index (χ2n) is 4.02. The lowest BCUT2D eigenvalue weighted by molar-refractivity contribution is 0.756. The zero-order valence-corrected chi connectivity index (χ0v) is 9.74. The van der Waals surface area contributed by atoms with Crippen LogP contribution in [0.4, 0.5) is 0 Å². The Bertz CT molecular complexity index is 849. The van der Waals surface area contributed by atoms with E-state index in [4.69, 9.17) is 0 Å². The van der Waals surface area contributed by atoms with Crippen molar-refractivity contribution in [2.45, 2.75) is 6.92 Å². The number of aryl methyl sites for hydroxylation is 2. The highest BCUT2D eigenvalue weighted by atomic mass is 16.2. The predicted molar refractivity (Wildman–Crippen MR) is 64.3 cm³/mol. The van der Waals surface area contributed by atoms with Crippen LogP contribution in [0.5, 0.6) is 0 Å². The van der Waals surface area contributed by atoms with Crippen LogP contribution in [-0.2, 0) is 7.05 Å². The first-order valence-electron chi connectivity index (χ1n) is 5.27. The van der Waals surface area contributed by atoms with Crippen LogP contribution in [0.2, 0.25) is 0 Å². The molecule has 0 aliphatic rings. The zero-order valence-electron chi connectivity index (χ0n) is 9.74. The first-order chi connectivity index (χ1) is 8.54. The molecule has 0 aliphatic heterocycles. The maximum absolute atomic E-state index is 11.6. The Labute approximate surface area is 99.7 Å². The summed E-state index contributed by atoms with van der Waals surface area (Å²) in [5.74, 6) is 0.503. The number of aromatic nitrogens is 6.